The third kappa shape index (κ3) is 7.06. The van der Waals surface area contributed by atoms with Crippen LogP contribution in [-0.4, -0.2) is 77.9 Å². The number of aromatic nitrogens is 1. The van der Waals surface area contributed by atoms with E-state index in [1.54, 1.807) is 41.4 Å². The highest BCUT2D eigenvalue weighted by Crippen LogP contribution is 2.33. The molecular weight excluding hydrogens is 536 g/mol. The van der Waals surface area contributed by atoms with Crippen molar-refractivity contribution in [3.05, 3.63) is 83.7 Å². The number of pyridine rings is 1. The fourth-order valence-corrected chi connectivity index (χ4v) is 5.31. The number of hydrogen-bond acceptors (Lipinski definition) is 7. The number of piperidine rings is 1. The number of ether oxygens (including phenoxy) is 3. The van der Waals surface area contributed by atoms with Crippen molar-refractivity contribution in [2.24, 2.45) is 0 Å². The molecule has 1 fully saturated rings. The van der Waals surface area contributed by atoms with Gasteiger partial charge in [-0.3, -0.25) is 19.4 Å². The van der Waals surface area contributed by atoms with Gasteiger partial charge in [-0.25, -0.2) is 0 Å². The zero-order chi connectivity index (χ0) is 29.5. The minimum atomic E-state index is -0.459. The van der Waals surface area contributed by atoms with Gasteiger partial charge in [-0.1, -0.05) is 18.2 Å². The van der Waals surface area contributed by atoms with Gasteiger partial charge < -0.3 is 29.3 Å². The maximum Gasteiger partial charge on any atom is 0.254 e. The number of rotatable bonds is 3. The zero-order valence-electron chi connectivity index (χ0n) is 24.0. The second kappa shape index (κ2) is 13.5. The van der Waals surface area contributed by atoms with Crippen molar-refractivity contribution in [2.45, 2.75) is 44.9 Å². The van der Waals surface area contributed by atoms with Crippen molar-refractivity contribution in [3.63, 3.8) is 0 Å². The molecule has 0 radical (unpaired) electrons. The summed E-state index contributed by atoms with van der Waals surface area (Å²) in [6.07, 6.45) is 4.00. The Bertz CT molecular complexity index is 1420. The Labute approximate surface area is 245 Å². The number of benzene rings is 2. The van der Waals surface area contributed by atoms with Gasteiger partial charge in [0.05, 0.1) is 32.4 Å². The minimum Gasteiger partial charge on any atom is -0.493 e. The predicted molar refractivity (Wildman–Crippen MR) is 155 cm³/mol. The van der Waals surface area contributed by atoms with Crippen LogP contribution in [0.4, 0.5) is 0 Å². The van der Waals surface area contributed by atoms with Crippen LogP contribution >= 0.6 is 0 Å². The van der Waals surface area contributed by atoms with Crippen LogP contribution in [-0.2, 0) is 27.4 Å². The van der Waals surface area contributed by atoms with Gasteiger partial charge in [-0.2, -0.15) is 0 Å². The van der Waals surface area contributed by atoms with Gasteiger partial charge in [0.25, 0.3) is 5.91 Å². The number of nitrogens with one attached hydrogen (secondary N) is 1. The fraction of sp³-hybridized carbons (Fsp3) is 0.375. The molecule has 2 atom stereocenters. The van der Waals surface area contributed by atoms with E-state index in [4.69, 9.17) is 14.2 Å². The molecule has 3 amide bonds. The first-order valence-electron chi connectivity index (χ1n) is 14.2. The van der Waals surface area contributed by atoms with E-state index in [0.29, 0.717) is 55.3 Å². The number of likely N-dealkylation sites (N-methyl/N-ethyl adjacent to an activating group) is 1. The summed E-state index contributed by atoms with van der Waals surface area (Å²) < 4.78 is 18.1. The topological polar surface area (TPSA) is 110 Å². The van der Waals surface area contributed by atoms with Crippen LogP contribution in [0.1, 0.15) is 41.3 Å². The van der Waals surface area contributed by atoms with E-state index in [2.05, 4.69) is 10.3 Å². The summed E-state index contributed by atoms with van der Waals surface area (Å²) in [5, 5.41) is 3.09. The second-order valence-electron chi connectivity index (χ2n) is 10.4. The third-order valence-electron chi connectivity index (χ3n) is 7.63. The zero-order valence-corrected chi connectivity index (χ0v) is 24.0. The van der Waals surface area contributed by atoms with Crippen LogP contribution in [0.5, 0.6) is 17.2 Å². The van der Waals surface area contributed by atoms with Gasteiger partial charge >= 0.3 is 0 Å². The first-order valence-corrected chi connectivity index (χ1v) is 14.2. The standard InChI is InChI=1S/C32H36N4O6/c1-3-35-20-30(37)34-26-13-16-36(32(39)24-11-14-33-15-12-24)19-29(26)41-21-23-5-4-6-25(17-23)42-28-18-22(8-10-31(35)38)7-9-27(28)40-2/h4-7,9,11-12,14-15,17-18,26,29H,3,8,10,13,16,19-21H2,1-2H3,(H,34,37)/t26-,29-/m0/s1. The van der Waals surface area contributed by atoms with Gasteiger partial charge in [0.15, 0.2) is 11.5 Å². The number of carbonyl (C=O) groups is 3. The highest BCUT2D eigenvalue weighted by Gasteiger charge is 2.34. The van der Waals surface area contributed by atoms with E-state index < -0.39 is 6.10 Å². The molecule has 3 aromatic rings. The van der Waals surface area contributed by atoms with E-state index in [1.807, 2.05) is 49.4 Å². The molecule has 1 aromatic heterocycles. The van der Waals surface area contributed by atoms with Crippen LogP contribution in [0.15, 0.2) is 67.0 Å². The third-order valence-corrected chi connectivity index (χ3v) is 7.63. The lowest BCUT2D eigenvalue weighted by Gasteiger charge is -2.39. The summed E-state index contributed by atoms with van der Waals surface area (Å²) in [6.45, 7) is 3.25. The molecule has 2 aliphatic rings. The summed E-state index contributed by atoms with van der Waals surface area (Å²) in [7, 11) is 1.58. The highest BCUT2D eigenvalue weighted by molar-refractivity contribution is 5.94. The quantitative estimate of drug-likeness (QED) is 0.511. The molecular formula is C32H36N4O6. The Kier molecular flexibility index (Phi) is 9.33. The Hall–Kier alpha value is -4.44. The Balaban J connectivity index is 1.42. The predicted octanol–water partition coefficient (Wildman–Crippen LogP) is 3.59. The van der Waals surface area contributed by atoms with Crippen LogP contribution in [0.2, 0.25) is 0 Å². The molecule has 10 heteroatoms. The van der Waals surface area contributed by atoms with E-state index in [0.717, 1.165) is 11.1 Å². The molecule has 1 saturated heterocycles. The SMILES string of the molecule is CCN1CC(=O)N[C@H]2CCN(C(=O)c3ccncc3)C[C@@H]2OCc2cccc(c2)Oc2cc(ccc2OC)CCC1=O. The fourth-order valence-electron chi connectivity index (χ4n) is 5.31. The number of hydrogen-bond donors (Lipinski definition) is 1. The van der Waals surface area contributed by atoms with E-state index >= 15 is 0 Å². The summed E-state index contributed by atoms with van der Waals surface area (Å²) in [5.74, 6) is 1.28. The number of likely N-dealkylation sites (tertiary alicyclic amines) is 1. The monoisotopic (exact) mass is 572 g/mol. The highest BCUT2D eigenvalue weighted by atomic mass is 16.5. The van der Waals surface area contributed by atoms with E-state index in [1.165, 1.54) is 0 Å². The minimum absolute atomic E-state index is 0.0444. The number of aryl methyl sites for hydroxylation is 1. The van der Waals surface area contributed by atoms with Crippen molar-refractivity contribution < 1.29 is 28.6 Å². The average molecular weight is 573 g/mol. The normalized spacial score (nSPS) is 20.0. The molecule has 2 aliphatic heterocycles. The van der Waals surface area contributed by atoms with E-state index in [-0.39, 0.29) is 43.3 Å². The average Bonchev–Trinajstić information content (AvgIpc) is 3.02. The van der Waals surface area contributed by atoms with Crippen molar-refractivity contribution in [1.82, 2.24) is 20.1 Å². The molecule has 4 bridgehead atoms. The molecule has 220 valence electrons. The first kappa shape index (κ1) is 29.1. The largest absolute Gasteiger partial charge is 0.493 e. The van der Waals surface area contributed by atoms with Crippen molar-refractivity contribution in [1.29, 1.82) is 0 Å². The molecule has 0 aliphatic carbocycles. The van der Waals surface area contributed by atoms with Gasteiger partial charge in [0, 0.05) is 44.0 Å². The molecule has 0 saturated carbocycles. The lowest BCUT2D eigenvalue weighted by Crippen LogP contribution is -2.57. The maximum absolute atomic E-state index is 13.2. The summed E-state index contributed by atoms with van der Waals surface area (Å²) in [4.78, 5) is 46.7. The molecule has 0 spiro atoms. The summed E-state index contributed by atoms with van der Waals surface area (Å²) in [5.41, 5.74) is 2.36. The second-order valence-corrected chi connectivity index (χ2v) is 10.4. The number of carbonyl (C=O) groups excluding carboxylic acids is 3. The van der Waals surface area contributed by atoms with Crippen LogP contribution < -0.4 is 14.8 Å². The number of nitrogens with zero attached hydrogens (tertiary/aromatic N) is 3. The Morgan fingerprint density at radius 2 is 1.90 bits per heavy atom. The van der Waals surface area contributed by atoms with Gasteiger partial charge in [0.1, 0.15) is 5.75 Å². The van der Waals surface area contributed by atoms with Crippen LogP contribution in [0.3, 0.4) is 0 Å². The van der Waals surface area contributed by atoms with Crippen molar-refractivity contribution in [3.8, 4) is 17.2 Å². The van der Waals surface area contributed by atoms with Crippen LogP contribution in [0.25, 0.3) is 0 Å². The molecule has 42 heavy (non-hydrogen) atoms. The molecule has 10 nitrogen and oxygen atoms in total. The maximum atomic E-state index is 13.2. The van der Waals surface area contributed by atoms with Gasteiger partial charge in [-0.15, -0.1) is 0 Å². The molecule has 1 N–H and O–H groups in total. The molecule has 0 unspecified atom stereocenters. The van der Waals surface area contributed by atoms with Gasteiger partial charge in [-0.05, 0) is 67.3 Å². The molecule has 5 rings (SSSR count). The number of methoxy groups -OCH3 is 1. The molecule has 3 heterocycles. The first-order chi connectivity index (χ1) is 20.4. The lowest BCUT2D eigenvalue weighted by molar-refractivity contribution is -0.136. The number of fused-ring (bicyclic) bond motifs is 5. The Morgan fingerprint density at radius 3 is 2.69 bits per heavy atom. The van der Waals surface area contributed by atoms with Gasteiger partial charge in [0.2, 0.25) is 11.8 Å². The van der Waals surface area contributed by atoms with E-state index in [9.17, 15) is 14.4 Å². The Morgan fingerprint density at radius 1 is 1.07 bits per heavy atom. The van der Waals surface area contributed by atoms with Crippen molar-refractivity contribution >= 4 is 17.7 Å². The van der Waals surface area contributed by atoms with Crippen molar-refractivity contribution in [2.75, 3.05) is 33.3 Å². The summed E-state index contributed by atoms with van der Waals surface area (Å²) in [6, 6.07) is 16.3. The molecule has 2 aromatic carbocycles. The smallest absolute Gasteiger partial charge is 0.254 e. The lowest BCUT2D eigenvalue weighted by atomic mass is 10.0. The summed E-state index contributed by atoms with van der Waals surface area (Å²) >= 11 is 0. The number of amides is 3. The van der Waals surface area contributed by atoms with Crippen LogP contribution in [0, 0.1) is 0 Å².